The minimum atomic E-state index is -0.761. The van der Waals surface area contributed by atoms with Gasteiger partial charge in [-0.1, -0.05) is 12.1 Å². The third-order valence-electron chi connectivity index (χ3n) is 3.71. The SMILES string of the molecule is COc1ccc(C2Oc3ccc(O)cc3C(=O)C2OC)cc1. The Labute approximate surface area is 128 Å². The maximum absolute atomic E-state index is 12.6. The number of aromatic hydroxyl groups is 1. The van der Waals surface area contributed by atoms with Crippen molar-refractivity contribution in [1.29, 1.82) is 0 Å². The van der Waals surface area contributed by atoms with E-state index in [2.05, 4.69) is 0 Å². The number of carbonyl (C=O) groups excluding carboxylic acids is 1. The summed E-state index contributed by atoms with van der Waals surface area (Å²) in [5.74, 6) is 0.982. The molecule has 0 aliphatic carbocycles. The number of ether oxygens (including phenoxy) is 3. The molecule has 0 radical (unpaired) electrons. The van der Waals surface area contributed by atoms with E-state index >= 15 is 0 Å². The zero-order valence-electron chi connectivity index (χ0n) is 12.3. The van der Waals surface area contributed by atoms with Crippen LogP contribution in [0, 0.1) is 0 Å². The van der Waals surface area contributed by atoms with Crippen molar-refractivity contribution in [2.45, 2.75) is 12.2 Å². The molecule has 0 aromatic heterocycles. The normalized spacial score (nSPS) is 20.2. The highest BCUT2D eigenvalue weighted by Crippen LogP contribution is 2.38. The van der Waals surface area contributed by atoms with Crippen LogP contribution in [0.3, 0.4) is 0 Å². The lowest BCUT2D eigenvalue weighted by Gasteiger charge is -2.31. The molecule has 2 unspecified atom stereocenters. The molecule has 1 N–H and O–H groups in total. The summed E-state index contributed by atoms with van der Waals surface area (Å²) in [7, 11) is 3.06. The monoisotopic (exact) mass is 300 g/mol. The number of fused-ring (bicyclic) bond motifs is 1. The van der Waals surface area contributed by atoms with Gasteiger partial charge in [0, 0.05) is 7.11 Å². The van der Waals surface area contributed by atoms with E-state index in [0.717, 1.165) is 11.3 Å². The van der Waals surface area contributed by atoms with Crippen LogP contribution in [0.15, 0.2) is 42.5 Å². The summed E-state index contributed by atoms with van der Waals surface area (Å²) in [6, 6.07) is 11.8. The molecule has 114 valence electrons. The topological polar surface area (TPSA) is 65.0 Å². The second-order valence-corrected chi connectivity index (χ2v) is 5.01. The highest BCUT2D eigenvalue weighted by atomic mass is 16.5. The van der Waals surface area contributed by atoms with Crippen LogP contribution in [-0.4, -0.2) is 31.2 Å². The van der Waals surface area contributed by atoms with Crippen molar-refractivity contribution in [3.8, 4) is 17.2 Å². The fraction of sp³-hybridized carbons (Fsp3) is 0.235. The molecule has 3 rings (SSSR count). The van der Waals surface area contributed by atoms with E-state index in [0.29, 0.717) is 11.3 Å². The first-order valence-electron chi connectivity index (χ1n) is 6.84. The first-order chi connectivity index (χ1) is 10.6. The Balaban J connectivity index is 2.00. The number of hydrogen-bond donors (Lipinski definition) is 1. The van der Waals surface area contributed by atoms with Crippen molar-refractivity contribution in [3.05, 3.63) is 53.6 Å². The molecule has 0 amide bonds. The molecule has 5 nitrogen and oxygen atoms in total. The fourth-order valence-electron chi connectivity index (χ4n) is 2.57. The van der Waals surface area contributed by atoms with Gasteiger partial charge in [-0.15, -0.1) is 0 Å². The van der Waals surface area contributed by atoms with Gasteiger partial charge in [-0.25, -0.2) is 0 Å². The van der Waals surface area contributed by atoms with Gasteiger partial charge in [0.1, 0.15) is 17.2 Å². The third-order valence-corrected chi connectivity index (χ3v) is 3.71. The first-order valence-corrected chi connectivity index (χ1v) is 6.84. The molecule has 0 saturated heterocycles. The van der Waals surface area contributed by atoms with E-state index in [9.17, 15) is 9.90 Å². The molecule has 0 bridgehead atoms. The molecular formula is C17H16O5. The number of phenolic OH excluding ortho intramolecular Hbond substituents is 1. The van der Waals surface area contributed by atoms with Crippen LogP contribution < -0.4 is 9.47 Å². The summed E-state index contributed by atoms with van der Waals surface area (Å²) in [6.07, 6.45) is -1.30. The minimum Gasteiger partial charge on any atom is -0.508 e. The van der Waals surface area contributed by atoms with Gasteiger partial charge in [0.15, 0.2) is 18.0 Å². The van der Waals surface area contributed by atoms with Gasteiger partial charge < -0.3 is 19.3 Å². The number of carbonyl (C=O) groups is 1. The molecule has 22 heavy (non-hydrogen) atoms. The van der Waals surface area contributed by atoms with Gasteiger partial charge in [-0.3, -0.25) is 4.79 Å². The number of Topliss-reactive ketones (excluding diaryl/α,β-unsaturated/α-hetero) is 1. The van der Waals surface area contributed by atoms with Crippen LogP contribution >= 0.6 is 0 Å². The second-order valence-electron chi connectivity index (χ2n) is 5.01. The largest absolute Gasteiger partial charge is 0.508 e. The van der Waals surface area contributed by atoms with E-state index in [1.807, 2.05) is 24.3 Å². The number of phenols is 1. The van der Waals surface area contributed by atoms with Gasteiger partial charge in [-0.05, 0) is 35.9 Å². The van der Waals surface area contributed by atoms with Gasteiger partial charge in [0.05, 0.1) is 12.7 Å². The van der Waals surface area contributed by atoms with Gasteiger partial charge in [0.25, 0.3) is 0 Å². The standard InChI is InChI=1S/C17H16O5/c1-20-12-6-3-10(4-7-12)16-17(21-2)15(19)13-9-11(18)5-8-14(13)22-16/h3-9,16-18H,1-2H3. The zero-order chi connectivity index (χ0) is 15.7. The van der Waals surface area contributed by atoms with Crippen LogP contribution in [-0.2, 0) is 4.74 Å². The summed E-state index contributed by atoms with van der Waals surface area (Å²) in [5.41, 5.74) is 1.15. The minimum absolute atomic E-state index is 0.0217. The maximum Gasteiger partial charge on any atom is 0.199 e. The predicted octanol–water partition coefficient (Wildman–Crippen LogP) is 2.73. The molecule has 0 saturated carbocycles. The van der Waals surface area contributed by atoms with Crippen molar-refractivity contribution in [2.75, 3.05) is 14.2 Å². The van der Waals surface area contributed by atoms with Crippen LogP contribution in [0.1, 0.15) is 22.0 Å². The molecule has 0 fully saturated rings. The number of rotatable bonds is 3. The molecular weight excluding hydrogens is 284 g/mol. The van der Waals surface area contributed by atoms with E-state index in [-0.39, 0.29) is 11.5 Å². The average molecular weight is 300 g/mol. The molecule has 0 spiro atoms. The first kappa shape index (κ1) is 14.4. The summed E-state index contributed by atoms with van der Waals surface area (Å²) in [4.78, 5) is 12.6. The average Bonchev–Trinajstić information content (AvgIpc) is 2.55. The van der Waals surface area contributed by atoms with E-state index in [1.165, 1.54) is 19.2 Å². The van der Waals surface area contributed by atoms with Gasteiger partial charge in [-0.2, -0.15) is 0 Å². The van der Waals surface area contributed by atoms with Crippen molar-refractivity contribution in [1.82, 2.24) is 0 Å². The Morgan fingerprint density at radius 3 is 2.45 bits per heavy atom. The third kappa shape index (κ3) is 2.40. The Bertz CT molecular complexity index is 693. The molecule has 1 aliphatic rings. The van der Waals surface area contributed by atoms with Crippen molar-refractivity contribution >= 4 is 5.78 Å². The Morgan fingerprint density at radius 2 is 1.82 bits per heavy atom. The van der Waals surface area contributed by atoms with Crippen LogP contribution in [0.2, 0.25) is 0 Å². The van der Waals surface area contributed by atoms with Crippen LogP contribution in [0.5, 0.6) is 17.2 Å². The summed E-state index contributed by atoms with van der Waals surface area (Å²) in [5, 5.41) is 9.54. The number of benzene rings is 2. The fourth-order valence-corrected chi connectivity index (χ4v) is 2.57. The van der Waals surface area contributed by atoms with E-state index < -0.39 is 12.2 Å². The summed E-state index contributed by atoms with van der Waals surface area (Å²) >= 11 is 0. The number of methoxy groups -OCH3 is 2. The molecule has 2 atom stereocenters. The molecule has 1 aliphatic heterocycles. The van der Waals surface area contributed by atoms with Gasteiger partial charge in [0.2, 0.25) is 0 Å². The molecule has 5 heteroatoms. The van der Waals surface area contributed by atoms with Crippen molar-refractivity contribution < 1.29 is 24.1 Å². The molecule has 2 aromatic rings. The molecule has 1 heterocycles. The summed E-state index contributed by atoms with van der Waals surface area (Å²) < 4.78 is 16.4. The smallest absolute Gasteiger partial charge is 0.199 e. The Morgan fingerprint density at radius 1 is 1.09 bits per heavy atom. The maximum atomic E-state index is 12.6. The molecule has 2 aromatic carbocycles. The van der Waals surface area contributed by atoms with Crippen molar-refractivity contribution in [3.63, 3.8) is 0 Å². The zero-order valence-corrected chi connectivity index (χ0v) is 12.3. The highest BCUT2D eigenvalue weighted by Gasteiger charge is 2.38. The quantitative estimate of drug-likeness (QED) is 0.944. The van der Waals surface area contributed by atoms with Crippen LogP contribution in [0.25, 0.3) is 0 Å². The van der Waals surface area contributed by atoms with E-state index in [1.54, 1.807) is 13.2 Å². The lowest BCUT2D eigenvalue weighted by atomic mass is 9.93. The Hall–Kier alpha value is -2.53. The Kier molecular flexibility index (Phi) is 3.73. The lowest BCUT2D eigenvalue weighted by Crippen LogP contribution is -2.37. The number of ketones is 1. The predicted molar refractivity (Wildman–Crippen MR) is 79.6 cm³/mol. The van der Waals surface area contributed by atoms with Gasteiger partial charge >= 0.3 is 0 Å². The summed E-state index contributed by atoms with van der Waals surface area (Å²) in [6.45, 7) is 0. The highest BCUT2D eigenvalue weighted by molar-refractivity contribution is 6.03. The lowest BCUT2D eigenvalue weighted by molar-refractivity contribution is -0.000675. The van der Waals surface area contributed by atoms with Crippen LogP contribution in [0.4, 0.5) is 0 Å². The number of hydrogen-bond acceptors (Lipinski definition) is 5. The van der Waals surface area contributed by atoms with E-state index in [4.69, 9.17) is 14.2 Å². The van der Waals surface area contributed by atoms with Crippen molar-refractivity contribution in [2.24, 2.45) is 0 Å². The second kappa shape index (κ2) is 5.69.